The van der Waals surface area contributed by atoms with E-state index in [1.807, 2.05) is 6.08 Å². The normalized spacial score (nSPS) is 21.3. The molecule has 1 nitrogen and oxygen atoms in total. The number of fused-ring (bicyclic) bond motifs is 2. The maximum absolute atomic E-state index is 3.20. The average molecular weight is 221 g/mol. The maximum Gasteiger partial charge on any atom is 0.0517 e. The zero-order chi connectivity index (χ0) is 11.8. The van der Waals surface area contributed by atoms with Crippen molar-refractivity contribution in [1.29, 1.82) is 0 Å². The van der Waals surface area contributed by atoms with Gasteiger partial charge in [-0.2, -0.15) is 0 Å². The topological polar surface area (TPSA) is 3.24 Å². The Morgan fingerprint density at radius 1 is 1.24 bits per heavy atom. The molecule has 3 rings (SSSR count). The van der Waals surface area contributed by atoms with Crippen LogP contribution in [0.15, 0.2) is 60.0 Å². The highest BCUT2D eigenvalue weighted by atomic mass is 15.1. The van der Waals surface area contributed by atoms with Crippen LogP contribution in [0.4, 0.5) is 0 Å². The summed E-state index contributed by atoms with van der Waals surface area (Å²) < 4.78 is 0. The Bertz CT molecular complexity index is 583. The van der Waals surface area contributed by atoms with Crippen molar-refractivity contribution in [1.82, 2.24) is 4.90 Å². The van der Waals surface area contributed by atoms with Crippen LogP contribution in [-0.4, -0.2) is 11.9 Å². The lowest BCUT2D eigenvalue weighted by atomic mass is 9.89. The fourth-order valence-corrected chi connectivity index (χ4v) is 2.54. The van der Waals surface area contributed by atoms with Gasteiger partial charge in [-0.1, -0.05) is 30.3 Å². The Labute approximate surface area is 102 Å². The minimum absolute atomic E-state index is 0.418. The monoisotopic (exact) mass is 221 g/mol. The summed E-state index contributed by atoms with van der Waals surface area (Å²) in [6.45, 7) is 2.25. The highest BCUT2D eigenvalue weighted by Crippen LogP contribution is 2.38. The van der Waals surface area contributed by atoms with E-state index in [2.05, 4.69) is 67.1 Å². The summed E-state index contributed by atoms with van der Waals surface area (Å²) in [6.07, 6.45) is 8.25. The first-order valence-corrected chi connectivity index (χ1v) is 5.94. The molecule has 0 aromatic heterocycles. The van der Waals surface area contributed by atoms with E-state index in [9.17, 15) is 0 Å². The van der Waals surface area contributed by atoms with Crippen molar-refractivity contribution >= 4 is 5.57 Å². The van der Waals surface area contributed by atoms with Gasteiger partial charge < -0.3 is 4.90 Å². The molecule has 2 aliphatic rings. The number of hydrogen-bond acceptors (Lipinski definition) is 1. The van der Waals surface area contributed by atoms with Crippen molar-refractivity contribution in [3.05, 3.63) is 71.1 Å². The largest absolute Gasteiger partial charge is 0.367 e. The summed E-state index contributed by atoms with van der Waals surface area (Å²) in [5.74, 6) is 0. The molecule has 1 unspecified atom stereocenters. The molecule has 0 saturated carbocycles. The molecular weight excluding hydrogens is 206 g/mol. The zero-order valence-corrected chi connectivity index (χ0v) is 10.1. The van der Waals surface area contributed by atoms with Crippen molar-refractivity contribution in [2.24, 2.45) is 0 Å². The molecule has 17 heavy (non-hydrogen) atoms. The molecule has 0 amide bonds. The van der Waals surface area contributed by atoms with Gasteiger partial charge in [-0.25, -0.2) is 0 Å². The van der Waals surface area contributed by atoms with Crippen molar-refractivity contribution in [2.45, 2.75) is 13.0 Å². The molecule has 0 saturated heterocycles. The SMILES string of the molecule is CC1c2ccccc2C2=C(C=CC=C=C2)N1C. The van der Waals surface area contributed by atoms with Crippen LogP contribution in [0.25, 0.3) is 5.57 Å². The van der Waals surface area contributed by atoms with Gasteiger partial charge in [0.15, 0.2) is 0 Å². The molecule has 1 heterocycles. The minimum Gasteiger partial charge on any atom is -0.367 e. The molecule has 0 radical (unpaired) electrons. The smallest absolute Gasteiger partial charge is 0.0517 e. The third-order valence-corrected chi connectivity index (χ3v) is 3.61. The van der Waals surface area contributed by atoms with E-state index >= 15 is 0 Å². The van der Waals surface area contributed by atoms with E-state index in [-0.39, 0.29) is 0 Å². The number of hydrogen-bond donors (Lipinski definition) is 0. The molecule has 1 aromatic carbocycles. The standard InChI is InChI=1S/C16H15N/c1-12-13-8-6-7-9-14(13)15-10-4-3-5-11-16(15)17(12)2/h3,5-12H,1-2H3. The lowest BCUT2D eigenvalue weighted by Crippen LogP contribution is -2.26. The molecule has 1 heteroatoms. The Morgan fingerprint density at radius 3 is 2.94 bits per heavy atom. The van der Waals surface area contributed by atoms with Gasteiger partial charge >= 0.3 is 0 Å². The van der Waals surface area contributed by atoms with Crippen LogP contribution in [0, 0.1) is 0 Å². The minimum atomic E-state index is 0.418. The summed E-state index contributed by atoms with van der Waals surface area (Å²) in [5, 5.41) is 0. The Kier molecular flexibility index (Phi) is 2.28. The van der Waals surface area contributed by atoms with Crippen molar-refractivity contribution in [3.8, 4) is 0 Å². The number of allylic oxidation sites excluding steroid dienone is 4. The predicted octanol–water partition coefficient (Wildman–Crippen LogP) is 3.69. The summed E-state index contributed by atoms with van der Waals surface area (Å²) in [5.41, 5.74) is 8.47. The average Bonchev–Trinajstić information content (AvgIpc) is 2.62. The number of rotatable bonds is 0. The molecule has 0 bridgehead atoms. The van der Waals surface area contributed by atoms with E-state index in [1.54, 1.807) is 0 Å². The predicted molar refractivity (Wildman–Crippen MR) is 71.3 cm³/mol. The number of nitrogens with zero attached hydrogens (tertiary/aromatic N) is 1. The van der Waals surface area contributed by atoms with Gasteiger partial charge in [0.1, 0.15) is 0 Å². The van der Waals surface area contributed by atoms with Crippen LogP contribution < -0.4 is 0 Å². The van der Waals surface area contributed by atoms with Crippen LogP contribution in [0.3, 0.4) is 0 Å². The Hall–Kier alpha value is -1.98. The first kappa shape index (κ1) is 10.2. The zero-order valence-electron chi connectivity index (χ0n) is 10.1. The molecule has 1 aliphatic heterocycles. The summed E-state index contributed by atoms with van der Waals surface area (Å²) in [4.78, 5) is 2.32. The van der Waals surface area contributed by atoms with Gasteiger partial charge in [0.05, 0.1) is 6.04 Å². The molecule has 84 valence electrons. The van der Waals surface area contributed by atoms with E-state index in [4.69, 9.17) is 0 Å². The van der Waals surface area contributed by atoms with E-state index in [0.717, 1.165) is 0 Å². The number of likely N-dealkylation sites (N-methyl/N-ethyl adjacent to an activating group) is 1. The van der Waals surface area contributed by atoms with E-state index in [0.29, 0.717) is 6.04 Å². The Morgan fingerprint density at radius 2 is 2.06 bits per heavy atom. The van der Waals surface area contributed by atoms with E-state index < -0.39 is 0 Å². The quantitative estimate of drug-likeness (QED) is 0.604. The second-order valence-corrected chi connectivity index (χ2v) is 4.51. The van der Waals surface area contributed by atoms with Crippen molar-refractivity contribution < 1.29 is 0 Å². The molecule has 0 fully saturated rings. The van der Waals surface area contributed by atoms with Crippen molar-refractivity contribution in [3.63, 3.8) is 0 Å². The molecule has 1 aromatic rings. The van der Waals surface area contributed by atoms with Gasteiger partial charge in [-0.3, -0.25) is 0 Å². The molecular formula is C16H15N. The van der Waals surface area contributed by atoms with Gasteiger partial charge in [0.2, 0.25) is 0 Å². The highest BCUT2D eigenvalue weighted by molar-refractivity contribution is 5.82. The number of benzene rings is 1. The first-order chi connectivity index (χ1) is 8.29. The van der Waals surface area contributed by atoms with Gasteiger partial charge in [-0.05, 0) is 36.3 Å². The maximum atomic E-state index is 3.20. The molecule has 0 N–H and O–H groups in total. The van der Waals surface area contributed by atoms with Crippen LogP contribution in [0.5, 0.6) is 0 Å². The fraction of sp³-hybridized carbons (Fsp3) is 0.188. The summed E-state index contributed by atoms with van der Waals surface area (Å²) in [7, 11) is 2.15. The third-order valence-electron chi connectivity index (χ3n) is 3.61. The van der Waals surface area contributed by atoms with Crippen LogP contribution in [0.2, 0.25) is 0 Å². The van der Waals surface area contributed by atoms with E-state index in [1.165, 1.54) is 22.4 Å². The van der Waals surface area contributed by atoms with Gasteiger partial charge in [0, 0.05) is 18.3 Å². The summed E-state index contributed by atoms with van der Waals surface area (Å²) in [6, 6.07) is 9.05. The fourth-order valence-electron chi connectivity index (χ4n) is 2.54. The third kappa shape index (κ3) is 1.48. The highest BCUT2D eigenvalue weighted by Gasteiger charge is 2.25. The van der Waals surface area contributed by atoms with Crippen LogP contribution in [0.1, 0.15) is 24.1 Å². The summed E-state index contributed by atoms with van der Waals surface area (Å²) >= 11 is 0. The van der Waals surface area contributed by atoms with Crippen LogP contribution in [-0.2, 0) is 0 Å². The second-order valence-electron chi connectivity index (χ2n) is 4.51. The Balaban J connectivity index is 2.31. The van der Waals surface area contributed by atoms with Gasteiger partial charge in [-0.15, -0.1) is 5.73 Å². The molecule has 1 atom stereocenters. The lowest BCUT2D eigenvalue weighted by Gasteiger charge is -2.35. The van der Waals surface area contributed by atoms with Crippen LogP contribution >= 0.6 is 0 Å². The lowest BCUT2D eigenvalue weighted by molar-refractivity contribution is 0.336. The molecule has 1 aliphatic carbocycles. The van der Waals surface area contributed by atoms with Crippen molar-refractivity contribution in [2.75, 3.05) is 7.05 Å². The second kappa shape index (κ2) is 3.80. The van der Waals surface area contributed by atoms with Gasteiger partial charge in [0.25, 0.3) is 0 Å². The first-order valence-electron chi connectivity index (χ1n) is 5.94. The molecule has 0 spiro atoms.